The maximum absolute atomic E-state index is 6.73. The van der Waals surface area contributed by atoms with E-state index in [1.165, 1.54) is 56.5 Å². The molecule has 0 spiro atoms. The van der Waals surface area contributed by atoms with Crippen LogP contribution in [0.2, 0.25) is 0 Å². The van der Waals surface area contributed by atoms with Crippen molar-refractivity contribution in [3.63, 3.8) is 0 Å². The molecule has 0 aliphatic heterocycles. The van der Waals surface area contributed by atoms with Crippen LogP contribution in [0.25, 0.3) is 73.1 Å². The zero-order valence-electron chi connectivity index (χ0n) is 23.5. The molecule has 44 heavy (non-hydrogen) atoms. The average Bonchev–Trinajstić information content (AvgIpc) is 3.76. The van der Waals surface area contributed by atoms with E-state index >= 15 is 0 Å². The zero-order valence-corrected chi connectivity index (χ0v) is 25.1. The molecule has 0 saturated carbocycles. The fourth-order valence-electron chi connectivity index (χ4n) is 6.83. The number of hydrogen-bond acceptors (Lipinski definition) is 4. The van der Waals surface area contributed by atoms with Crippen LogP contribution in [0.3, 0.4) is 0 Å². The number of fused-ring (bicyclic) bond motifs is 12. The first-order valence-electron chi connectivity index (χ1n) is 14.8. The van der Waals surface area contributed by atoms with Gasteiger partial charge in [0.05, 0.1) is 0 Å². The number of thiophene rings is 2. The minimum atomic E-state index is 0.966. The molecule has 3 heterocycles. The van der Waals surface area contributed by atoms with E-state index < -0.39 is 0 Å². The third kappa shape index (κ3) is 3.47. The van der Waals surface area contributed by atoms with Gasteiger partial charge in [0.1, 0.15) is 11.2 Å². The van der Waals surface area contributed by atoms with E-state index in [1.807, 2.05) is 22.7 Å². The molecule has 2 nitrogen and oxygen atoms in total. The number of furan rings is 1. The molecule has 10 aromatic rings. The van der Waals surface area contributed by atoms with Crippen molar-refractivity contribution in [2.75, 3.05) is 4.90 Å². The van der Waals surface area contributed by atoms with Crippen LogP contribution in [0.5, 0.6) is 0 Å². The number of anilines is 3. The lowest BCUT2D eigenvalue weighted by Crippen LogP contribution is -2.09. The third-order valence-electron chi connectivity index (χ3n) is 8.84. The quantitative estimate of drug-likeness (QED) is 0.201. The van der Waals surface area contributed by atoms with Gasteiger partial charge in [-0.25, -0.2) is 0 Å². The highest BCUT2D eigenvalue weighted by molar-refractivity contribution is 7.26. The largest absolute Gasteiger partial charge is 0.455 e. The van der Waals surface area contributed by atoms with Crippen molar-refractivity contribution >= 4 is 113 Å². The van der Waals surface area contributed by atoms with E-state index in [4.69, 9.17) is 4.42 Å². The standard InChI is InChI=1S/C40H23NOS2/c1-2-9-25(10-3-1)41(26-15-18-30-29-12-6-7-13-34(29)43-36(30)22-26)27-16-19-33-37(23-27)44-35-21-20-32-31-17-14-24-8-4-5-11-28(24)39(31)42-40(32)38(33)35/h1-23H. The summed E-state index contributed by atoms with van der Waals surface area (Å²) in [6.07, 6.45) is 0. The smallest absolute Gasteiger partial charge is 0.144 e. The van der Waals surface area contributed by atoms with Crippen LogP contribution in [0.15, 0.2) is 144 Å². The van der Waals surface area contributed by atoms with Crippen molar-refractivity contribution in [2.24, 2.45) is 0 Å². The van der Waals surface area contributed by atoms with Gasteiger partial charge in [-0.3, -0.25) is 0 Å². The van der Waals surface area contributed by atoms with Crippen molar-refractivity contribution in [3.05, 3.63) is 140 Å². The molecule has 0 atom stereocenters. The van der Waals surface area contributed by atoms with Gasteiger partial charge in [-0.2, -0.15) is 0 Å². The van der Waals surface area contributed by atoms with Gasteiger partial charge < -0.3 is 9.32 Å². The first-order valence-corrected chi connectivity index (χ1v) is 16.4. The second kappa shape index (κ2) is 9.17. The summed E-state index contributed by atoms with van der Waals surface area (Å²) in [7, 11) is 0. The summed E-state index contributed by atoms with van der Waals surface area (Å²) >= 11 is 3.69. The molecule has 7 aromatic carbocycles. The summed E-state index contributed by atoms with van der Waals surface area (Å²) in [4.78, 5) is 2.37. The Hall–Kier alpha value is -5.16. The summed E-state index contributed by atoms with van der Waals surface area (Å²) in [6.45, 7) is 0. The Labute approximate surface area is 260 Å². The van der Waals surface area contributed by atoms with Crippen LogP contribution in [-0.4, -0.2) is 0 Å². The fourth-order valence-corrected chi connectivity index (χ4v) is 9.10. The predicted molar refractivity (Wildman–Crippen MR) is 192 cm³/mol. The molecule has 0 aliphatic rings. The molecule has 0 unspecified atom stereocenters. The number of hydrogen-bond donors (Lipinski definition) is 0. The lowest BCUT2D eigenvalue weighted by atomic mass is 10.0. The van der Waals surface area contributed by atoms with Gasteiger partial charge in [0.15, 0.2) is 0 Å². The first kappa shape index (κ1) is 24.3. The van der Waals surface area contributed by atoms with E-state index in [1.54, 1.807) is 0 Å². The number of rotatable bonds is 3. The summed E-state index contributed by atoms with van der Waals surface area (Å²) in [6, 6.07) is 50.5. The highest BCUT2D eigenvalue weighted by Crippen LogP contribution is 2.46. The average molecular weight is 598 g/mol. The molecule has 0 bridgehead atoms. The Morgan fingerprint density at radius 3 is 1.86 bits per heavy atom. The van der Waals surface area contributed by atoms with Crippen LogP contribution in [0, 0.1) is 0 Å². The minimum Gasteiger partial charge on any atom is -0.455 e. The van der Waals surface area contributed by atoms with E-state index in [9.17, 15) is 0 Å². The Kier molecular flexibility index (Phi) is 5.06. The molecule has 0 N–H and O–H groups in total. The van der Waals surface area contributed by atoms with Crippen LogP contribution < -0.4 is 4.90 Å². The Morgan fingerprint density at radius 2 is 1.00 bits per heavy atom. The van der Waals surface area contributed by atoms with Crippen molar-refractivity contribution in [3.8, 4) is 0 Å². The Morgan fingerprint density at radius 1 is 0.386 bits per heavy atom. The summed E-state index contributed by atoms with van der Waals surface area (Å²) in [5.41, 5.74) is 5.38. The van der Waals surface area contributed by atoms with Gasteiger partial charge >= 0.3 is 0 Å². The molecular weight excluding hydrogens is 575 g/mol. The van der Waals surface area contributed by atoms with Gasteiger partial charge in [0, 0.05) is 73.6 Å². The monoisotopic (exact) mass is 597 g/mol. The number of benzene rings is 7. The molecule has 3 aromatic heterocycles. The summed E-state index contributed by atoms with van der Waals surface area (Å²) in [5, 5.41) is 9.76. The topological polar surface area (TPSA) is 16.4 Å². The molecule has 0 fully saturated rings. The third-order valence-corrected chi connectivity index (χ3v) is 11.1. The molecular formula is C40H23NOS2. The van der Waals surface area contributed by atoms with Crippen LogP contribution in [0.4, 0.5) is 17.1 Å². The molecule has 206 valence electrons. The predicted octanol–water partition coefficient (Wildman–Crippen LogP) is 12.9. The van der Waals surface area contributed by atoms with Crippen molar-refractivity contribution in [1.82, 2.24) is 0 Å². The number of para-hydroxylation sites is 1. The normalized spacial score (nSPS) is 12.1. The van der Waals surface area contributed by atoms with E-state index in [-0.39, 0.29) is 0 Å². The molecule has 4 heteroatoms. The highest BCUT2D eigenvalue weighted by atomic mass is 32.1. The molecule has 0 radical (unpaired) electrons. The Balaban J connectivity index is 1.19. The van der Waals surface area contributed by atoms with Crippen molar-refractivity contribution in [2.45, 2.75) is 0 Å². The zero-order chi connectivity index (χ0) is 28.8. The van der Waals surface area contributed by atoms with E-state index in [2.05, 4.69) is 144 Å². The van der Waals surface area contributed by atoms with E-state index in [0.717, 1.165) is 33.6 Å². The summed E-state index contributed by atoms with van der Waals surface area (Å²) in [5.74, 6) is 0. The maximum Gasteiger partial charge on any atom is 0.144 e. The number of nitrogens with zero attached hydrogens (tertiary/aromatic N) is 1. The first-order chi connectivity index (χ1) is 21.8. The van der Waals surface area contributed by atoms with Crippen molar-refractivity contribution < 1.29 is 4.42 Å². The maximum atomic E-state index is 6.73. The van der Waals surface area contributed by atoms with Gasteiger partial charge in [0.25, 0.3) is 0 Å². The Bertz CT molecular complexity index is 2730. The van der Waals surface area contributed by atoms with Crippen molar-refractivity contribution in [1.29, 1.82) is 0 Å². The molecule has 10 rings (SSSR count). The lowest BCUT2D eigenvalue weighted by molar-refractivity contribution is 0.677. The second-order valence-corrected chi connectivity index (χ2v) is 13.5. The highest BCUT2D eigenvalue weighted by Gasteiger charge is 2.19. The van der Waals surface area contributed by atoms with Crippen LogP contribution >= 0.6 is 22.7 Å². The second-order valence-electron chi connectivity index (χ2n) is 11.3. The van der Waals surface area contributed by atoms with Gasteiger partial charge in [-0.1, -0.05) is 78.9 Å². The van der Waals surface area contributed by atoms with Gasteiger partial charge in [-0.05, 0) is 66.0 Å². The van der Waals surface area contributed by atoms with Crippen LogP contribution in [-0.2, 0) is 0 Å². The van der Waals surface area contributed by atoms with Gasteiger partial charge in [-0.15, -0.1) is 22.7 Å². The SMILES string of the molecule is c1ccc(N(c2ccc3c(c2)sc2ccccc23)c2ccc3c(c2)sc2ccc4c5ccc6ccccc6c5oc4c23)cc1. The molecule has 0 amide bonds. The molecule has 0 saturated heterocycles. The lowest BCUT2D eigenvalue weighted by Gasteiger charge is -2.25. The molecule has 0 aliphatic carbocycles. The summed E-state index contributed by atoms with van der Waals surface area (Å²) < 4.78 is 11.8. The van der Waals surface area contributed by atoms with Gasteiger partial charge in [0.2, 0.25) is 0 Å². The van der Waals surface area contributed by atoms with E-state index in [0.29, 0.717) is 0 Å². The minimum absolute atomic E-state index is 0.966. The van der Waals surface area contributed by atoms with Crippen LogP contribution in [0.1, 0.15) is 0 Å². The fraction of sp³-hybridized carbons (Fsp3) is 0.